The van der Waals surface area contributed by atoms with Crippen LogP contribution in [0.2, 0.25) is 0 Å². The highest BCUT2D eigenvalue weighted by atomic mass is 14.6. The number of rotatable bonds is 0. The van der Waals surface area contributed by atoms with Crippen molar-refractivity contribution in [1.82, 2.24) is 0 Å². The molecule has 0 aromatic heterocycles. The van der Waals surface area contributed by atoms with Gasteiger partial charge in [-0.1, -0.05) is 60.7 Å². The maximum atomic E-state index is 3.74. The van der Waals surface area contributed by atoms with E-state index < -0.39 is 0 Å². The molecule has 4 aliphatic rings. The van der Waals surface area contributed by atoms with Crippen LogP contribution in [0.5, 0.6) is 0 Å². The molecule has 0 radical (unpaired) electrons. The first-order valence-corrected chi connectivity index (χ1v) is 9.38. The van der Waals surface area contributed by atoms with Crippen LogP contribution in [0.25, 0.3) is 11.1 Å². The molecule has 25 heavy (non-hydrogen) atoms. The summed E-state index contributed by atoms with van der Waals surface area (Å²) in [5, 5.41) is 0. The molecule has 4 aliphatic carbocycles. The van der Waals surface area contributed by atoms with Gasteiger partial charge in [0, 0.05) is 11.5 Å². The SMILES string of the molecule is CC1=C=C2c3ccccc3C3(C4=C(CCC=C4)c4ccccc43)C2C1. The molecule has 0 heterocycles. The molecule has 2 aromatic rings. The van der Waals surface area contributed by atoms with Crippen LogP contribution in [0, 0.1) is 5.92 Å². The summed E-state index contributed by atoms with van der Waals surface area (Å²) >= 11 is 0. The minimum Gasteiger partial charge on any atom is -0.117 e. The molecule has 0 nitrogen and oxygen atoms in total. The Morgan fingerprint density at radius 3 is 2.52 bits per heavy atom. The lowest BCUT2D eigenvalue weighted by Crippen LogP contribution is -2.32. The average molecular weight is 320 g/mol. The lowest BCUT2D eigenvalue weighted by molar-refractivity contribution is 0.491. The molecule has 1 spiro atoms. The third kappa shape index (κ3) is 1.46. The molecule has 2 unspecified atom stereocenters. The maximum Gasteiger partial charge on any atom is 0.0544 e. The van der Waals surface area contributed by atoms with E-state index >= 15 is 0 Å². The van der Waals surface area contributed by atoms with Gasteiger partial charge in [-0.15, -0.1) is 5.73 Å². The number of fused-ring (bicyclic) bond motifs is 9. The van der Waals surface area contributed by atoms with Crippen molar-refractivity contribution in [2.24, 2.45) is 5.92 Å². The van der Waals surface area contributed by atoms with Gasteiger partial charge in [0.15, 0.2) is 0 Å². The first-order valence-electron chi connectivity index (χ1n) is 9.38. The molecular weight excluding hydrogens is 300 g/mol. The molecule has 0 N–H and O–H groups in total. The van der Waals surface area contributed by atoms with E-state index in [-0.39, 0.29) is 5.41 Å². The van der Waals surface area contributed by atoms with Crippen molar-refractivity contribution in [2.45, 2.75) is 31.6 Å². The summed E-state index contributed by atoms with van der Waals surface area (Å²) in [6, 6.07) is 18.2. The summed E-state index contributed by atoms with van der Waals surface area (Å²) in [7, 11) is 0. The van der Waals surface area contributed by atoms with Crippen molar-refractivity contribution in [2.75, 3.05) is 0 Å². The van der Waals surface area contributed by atoms with E-state index in [2.05, 4.69) is 73.3 Å². The lowest BCUT2D eigenvalue weighted by Gasteiger charge is -2.36. The monoisotopic (exact) mass is 320 g/mol. The van der Waals surface area contributed by atoms with Crippen LogP contribution < -0.4 is 0 Å². The van der Waals surface area contributed by atoms with Crippen LogP contribution in [0.4, 0.5) is 0 Å². The second kappa shape index (κ2) is 4.54. The van der Waals surface area contributed by atoms with Gasteiger partial charge in [0.1, 0.15) is 0 Å². The van der Waals surface area contributed by atoms with Gasteiger partial charge in [-0.05, 0) is 65.2 Å². The van der Waals surface area contributed by atoms with Gasteiger partial charge in [-0.25, -0.2) is 0 Å². The summed E-state index contributed by atoms with van der Waals surface area (Å²) < 4.78 is 0. The first kappa shape index (κ1) is 13.7. The number of hydrogen-bond acceptors (Lipinski definition) is 0. The molecule has 0 bridgehead atoms. The Morgan fingerprint density at radius 2 is 1.68 bits per heavy atom. The van der Waals surface area contributed by atoms with Crippen LogP contribution in [0.3, 0.4) is 0 Å². The largest absolute Gasteiger partial charge is 0.117 e. The van der Waals surface area contributed by atoms with Gasteiger partial charge in [-0.3, -0.25) is 0 Å². The Morgan fingerprint density at radius 1 is 0.960 bits per heavy atom. The molecule has 120 valence electrons. The number of hydrogen-bond donors (Lipinski definition) is 0. The van der Waals surface area contributed by atoms with Crippen molar-refractivity contribution in [3.63, 3.8) is 0 Å². The maximum absolute atomic E-state index is 3.74. The second-order valence-electron chi connectivity index (χ2n) is 7.81. The van der Waals surface area contributed by atoms with Crippen LogP contribution in [0.15, 0.2) is 77.6 Å². The molecule has 6 rings (SSSR count). The van der Waals surface area contributed by atoms with E-state index in [1.54, 1.807) is 11.1 Å². The van der Waals surface area contributed by atoms with Crippen molar-refractivity contribution >= 4 is 11.1 Å². The Bertz CT molecular complexity index is 1070. The van der Waals surface area contributed by atoms with Crippen LogP contribution in [0.1, 0.15) is 48.4 Å². The fourth-order valence-corrected chi connectivity index (χ4v) is 5.86. The van der Waals surface area contributed by atoms with Crippen molar-refractivity contribution < 1.29 is 0 Å². The Balaban J connectivity index is 1.78. The zero-order valence-electron chi connectivity index (χ0n) is 14.5. The van der Waals surface area contributed by atoms with Gasteiger partial charge in [0.25, 0.3) is 0 Å². The minimum atomic E-state index is -0.000463. The molecule has 0 heteroatoms. The molecular formula is C25H20. The van der Waals surface area contributed by atoms with Crippen molar-refractivity contribution in [3.05, 3.63) is 99.8 Å². The third-order valence-electron chi connectivity index (χ3n) is 6.64. The minimum absolute atomic E-state index is 0.000463. The summed E-state index contributed by atoms with van der Waals surface area (Å²) in [6.07, 6.45) is 8.28. The predicted molar refractivity (Wildman–Crippen MR) is 103 cm³/mol. The fraction of sp³-hybridized carbons (Fsp3) is 0.240. The van der Waals surface area contributed by atoms with Gasteiger partial charge >= 0.3 is 0 Å². The zero-order chi connectivity index (χ0) is 16.6. The molecule has 0 saturated carbocycles. The van der Waals surface area contributed by atoms with E-state index in [9.17, 15) is 0 Å². The second-order valence-corrected chi connectivity index (χ2v) is 7.81. The topological polar surface area (TPSA) is 0 Å². The average Bonchev–Trinajstić information content (AvgIpc) is 3.26. The highest BCUT2D eigenvalue weighted by Gasteiger charge is 2.57. The van der Waals surface area contributed by atoms with Gasteiger partial charge in [-0.2, -0.15) is 0 Å². The fourth-order valence-electron chi connectivity index (χ4n) is 5.86. The Labute approximate surface area is 148 Å². The molecule has 0 saturated heterocycles. The van der Waals surface area contributed by atoms with Gasteiger partial charge in [0.2, 0.25) is 0 Å². The van der Waals surface area contributed by atoms with Gasteiger partial charge < -0.3 is 0 Å². The Kier molecular flexibility index (Phi) is 2.49. The molecule has 0 aliphatic heterocycles. The number of allylic oxidation sites excluding steroid dienone is 5. The zero-order valence-corrected chi connectivity index (χ0v) is 14.5. The summed E-state index contributed by atoms with van der Waals surface area (Å²) in [5.74, 6) is 0.501. The molecule has 0 fully saturated rings. The highest BCUT2D eigenvalue weighted by Crippen LogP contribution is 2.66. The van der Waals surface area contributed by atoms with Crippen molar-refractivity contribution in [3.8, 4) is 0 Å². The van der Waals surface area contributed by atoms with E-state index in [0.717, 1.165) is 12.8 Å². The van der Waals surface area contributed by atoms with Crippen LogP contribution in [-0.4, -0.2) is 0 Å². The number of benzene rings is 2. The molecule has 0 amide bonds. The van der Waals surface area contributed by atoms with E-state index in [0.29, 0.717) is 5.92 Å². The summed E-state index contributed by atoms with van der Waals surface area (Å²) in [4.78, 5) is 0. The summed E-state index contributed by atoms with van der Waals surface area (Å²) in [6.45, 7) is 2.24. The predicted octanol–water partition coefficient (Wildman–Crippen LogP) is 6.05. The normalized spacial score (nSPS) is 27.8. The quantitative estimate of drug-likeness (QED) is 0.518. The summed E-state index contributed by atoms with van der Waals surface area (Å²) in [5.41, 5.74) is 15.7. The first-order chi connectivity index (χ1) is 12.3. The lowest BCUT2D eigenvalue weighted by atomic mass is 9.65. The van der Waals surface area contributed by atoms with Gasteiger partial charge in [0.05, 0.1) is 5.41 Å². The van der Waals surface area contributed by atoms with E-state index in [4.69, 9.17) is 0 Å². The highest BCUT2D eigenvalue weighted by molar-refractivity contribution is 5.93. The smallest absolute Gasteiger partial charge is 0.0544 e. The molecule has 2 aromatic carbocycles. The van der Waals surface area contributed by atoms with Crippen LogP contribution >= 0.6 is 0 Å². The molecule has 2 atom stereocenters. The standard InChI is InChI=1S/C25H20/c1-16-14-20-19-10-4-7-13-23(19)25(24(20)15-16)21-11-5-2-8-17(21)18-9-3-6-12-22(18)25/h2,4-8,10-13,24H,3,9,15H2,1H3. The Hall–Kier alpha value is -2.56. The third-order valence-corrected chi connectivity index (χ3v) is 6.64. The van der Waals surface area contributed by atoms with Crippen LogP contribution in [-0.2, 0) is 5.41 Å². The van der Waals surface area contributed by atoms with E-state index in [1.165, 1.54) is 39.8 Å². The van der Waals surface area contributed by atoms with Crippen molar-refractivity contribution in [1.29, 1.82) is 0 Å². The van der Waals surface area contributed by atoms with E-state index in [1.807, 2.05) is 0 Å².